The summed E-state index contributed by atoms with van der Waals surface area (Å²) in [6.07, 6.45) is -3.37. The molecule has 4 aromatic heterocycles. The molecule has 178 valence electrons. The lowest BCUT2D eigenvalue weighted by atomic mass is 10.1. The molecule has 0 fully saturated rings. The van der Waals surface area contributed by atoms with Gasteiger partial charge in [0.1, 0.15) is 5.82 Å². The van der Waals surface area contributed by atoms with Crippen molar-refractivity contribution in [2.45, 2.75) is 12.7 Å². The molecular weight excluding hydrogens is 487 g/mol. The van der Waals surface area contributed by atoms with Crippen LogP contribution >= 0.6 is 11.3 Å². The Balaban J connectivity index is 1.93. The molecular formula is C22H13F3N5O4S-. The zero-order valence-corrected chi connectivity index (χ0v) is 18.2. The number of aromatic carboxylic acids is 1. The number of thiophene rings is 1. The van der Waals surface area contributed by atoms with Gasteiger partial charge in [-0.05, 0) is 35.9 Å². The highest BCUT2D eigenvalue weighted by Crippen LogP contribution is 2.36. The molecule has 0 radical (unpaired) electrons. The number of carbonyl (C=O) groups is 1. The summed E-state index contributed by atoms with van der Waals surface area (Å²) in [5, 5.41) is 15.1. The number of carboxylic acid groups (broad SMARTS) is 1. The number of hydrogen-bond acceptors (Lipinski definition) is 7. The number of alkyl halides is 3. The molecule has 0 aliphatic carbocycles. The Bertz CT molecular complexity index is 1760. The largest absolute Gasteiger partial charge is 0.543 e. The van der Waals surface area contributed by atoms with Gasteiger partial charge >= 0.3 is 11.9 Å². The minimum atomic E-state index is -4.76. The van der Waals surface area contributed by atoms with E-state index in [1.165, 1.54) is 27.6 Å². The fourth-order valence-corrected chi connectivity index (χ4v) is 4.79. The maximum absolute atomic E-state index is 13.5. The zero-order valence-electron chi connectivity index (χ0n) is 17.4. The third kappa shape index (κ3) is 3.65. The lowest BCUT2D eigenvalue weighted by molar-refractivity contribution is -0.255. The van der Waals surface area contributed by atoms with Gasteiger partial charge in [0, 0.05) is 28.9 Å². The van der Waals surface area contributed by atoms with Gasteiger partial charge in [0.05, 0.1) is 39.3 Å². The maximum Gasteiger partial charge on any atom is 0.416 e. The number of nitrogens with zero attached hydrogens (tertiary/aromatic N) is 3. The van der Waals surface area contributed by atoms with Crippen molar-refractivity contribution in [3.8, 4) is 5.69 Å². The Labute approximate surface area is 196 Å². The Morgan fingerprint density at radius 3 is 2.60 bits per heavy atom. The van der Waals surface area contributed by atoms with Crippen LogP contribution in [0.15, 0.2) is 56.9 Å². The number of aromatic nitrogens is 4. The summed E-state index contributed by atoms with van der Waals surface area (Å²) in [5.74, 6) is -1.65. The van der Waals surface area contributed by atoms with Gasteiger partial charge in [-0.2, -0.15) is 13.2 Å². The number of anilines is 1. The van der Waals surface area contributed by atoms with Crippen LogP contribution < -0.4 is 22.1 Å². The Morgan fingerprint density at radius 2 is 1.91 bits per heavy atom. The number of nitrogens with two attached hydrogens (primary N) is 1. The fraction of sp³-hybridized carbons (Fsp3) is 0.0909. The second kappa shape index (κ2) is 7.84. The van der Waals surface area contributed by atoms with Crippen LogP contribution in [0, 0.1) is 0 Å². The summed E-state index contributed by atoms with van der Waals surface area (Å²) < 4.78 is 42.3. The number of pyridine rings is 1. The second-order valence-corrected chi connectivity index (χ2v) is 8.40. The summed E-state index contributed by atoms with van der Waals surface area (Å²) in [6.45, 7) is -0.161. The van der Waals surface area contributed by atoms with E-state index >= 15 is 0 Å². The van der Waals surface area contributed by atoms with Gasteiger partial charge < -0.3 is 25.2 Å². The van der Waals surface area contributed by atoms with Crippen LogP contribution in [0.3, 0.4) is 0 Å². The van der Waals surface area contributed by atoms with Crippen LogP contribution in [0.1, 0.15) is 21.6 Å². The van der Waals surface area contributed by atoms with Crippen molar-refractivity contribution >= 4 is 44.9 Å². The van der Waals surface area contributed by atoms with Gasteiger partial charge in [-0.3, -0.25) is 4.79 Å². The van der Waals surface area contributed by atoms with E-state index in [0.717, 1.165) is 23.5 Å². The van der Waals surface area contributed by atoms with Gasteiger partial charge in [0.25, 0.3) is 5.56 Å². The molecule has 4 heterocycles. The number of hydrogen-bond donors (Lipinski definition) is 2. The first-order chi connectivity index (χ1) is 16.6. The minimum absolute atomic E-state index is 0.0410. The lowest BCUT2D eigenvalue weighted by Crippen LogP contribution is -2.36. The van der Waals surface area contributed by atoms with Gasteiger partial charge in [-0.25, -0.2) is 14.3 Å². The number of nitrogens with one attached hydrogen (secondary N) is 1. The first-order valence-corrected chi connectivity index (χ1v) is 10.9. The SMILES string of the molecule is Nc1cc(Cn2c(C(=O)[O-])c(-n3c(=O)[nH]c4cscc4c3=O)c3cc(C(F)(F)F)ccc32)ccn1. The predicted molar refractivity (Wildman–Crippen MR) is 121 cm³/mol. The monoisotopic (exact) mass is 500 g/mol. The number of aromatic amines is 1. The second-order valence-electron chi connectivity index (χ2n) is 7.66. The van der Waals surface area contributed by atoms with Crippen molar-refractivity contribution < 1.29 is 23.1 Å². The highest BCUT2D eigenvalue weighted by atomic mass is 32.1. The quantitative estimate of drug-likeness (QED) is 0.388. The third-order valence-electron chi connectivity index (χ3n) is 5.51. The minimum Gasteiger partial charge on any atom is -0.543 e. The lowest BCUT2D eigenvalue weighted by Gasteiger charge is -2.14. The molecule has 0 amide bonds. The summed E-state index contributed by atoms with van der Waals surface area (Å²) >= 11 is 1.12. The van der Waals surface area contributed by atoms with Crippen molar-refractivity contribution in [1.29, 1.82) is 0 Å². The Morgan fingerprint density at radius 1 is 1.14 bits per heavy atom. The van der Waals surface area contributed by atoms with Gasteiger partial charge in [-0.15, -0.1) is 11.3 Å². The van der Waals surface area contributed by atoms with E-state index in [1.807, 2.05) is 0 Å². The fourth-order valence-electron chi connectivity index (χ4n) is 4.03. The summed E-state index contributed by atoms with van der Waals surface area (Å²) in [4.78, 5) is 44.8. The average molecular weight is 500 g/mol. The van der Waals surface area contributed by atoms with E-state index in [9.17, 15) is 32.7 Å². The molecule has 1 aromatic carbocycles. The number of nitrogen functional groups attached to an aromatic ring is 1. The first kappa shape index (κ1) is 22.4. The van der Waals surface area contributed by atoms with Crippen molar-refractivity contribution in [3.63, 3.8) is 0 Å². The maximum atomic E-state index is 13.5. The summed E-state index contributed by atoms with van der Waals surface area (Å²) in [7, 11) is 0. The number of carboxylic acids is 1. The van der Waals surface area contributed by atoms with Crippen LogP contribution in [0.2, 0.25) is 0 Å². The summed E-state index contributed by atoms with van der Waals surface area (Å²) in [6, 6.07) is 5.59. The Kier molecular flexibility index (Phi) is 5.02. The van der Waals surface area contributed by atoms with E-state index in [4.69, 9.17) is 5.73 Å². The molecule has 5 rings (SSSR count). The molecule has 0 atom stereocenters. The van der Waals surface area contributed by atoms with Crippen LogP contribution in [-0.2, 0) is 12.7 Å². The molecule has 3 N–H and O–H groups in total. The highest BCUT2D eigenvalue weighted by molar-refractivity contribution is 7.09. The van der Waals surface area contributed by atoms with E-state index in [2.05, 4.69) is 9.97 Å². The van der Waals surface area contributed by atoms with Crippen molar-refractivity contribution in [2.75, 3.05) is 5.73 Å². The smallest absolute Gasteiger partial charge is 0.416 e. The van der Waals surface area contributed by atoms with Crippen molar-refractivity contribution in [2.24, 2.45) is 0 Å². The molecule has 5 aromatic rings. The number of benzene rings is 1. The molecule has 0 saturated carbocycles. The highest BCUT2D eigenvalue weighted by Gasteiger charge is 2.32. The average Bonchev–Trinajstić information content (AvgIpc) is 3.36. The van der Waals surface area contributed by atoms with Gasteiger partial charge in [0.2, 0.25) is 0 Å². The van der Waals surface area contributed by atoms with E-state index in [-0.39, 0.29) is 34.2 Å². The third-order valence-corrected chi connectivity index (χ3v) is 6.25. The first-order valence-electron chi connectivity index (χ1n) is 9.93. The normalized spacial score (nSPS) is 12.0. The van der Waals surface area contributed by atoms with Gasteiger partial charge in [0.15, 0.2) is 0 Å². The molecule has 35 heavy (non-hydrogen) atoms. The van der Waals surface area contributed by atoms with Crippen LogP contribution in [-0.4, -0.2) is 25.1 Å². The van der Waals surface area contributed by atoms with E-state index < -0.39 is 40.3 Å². The molecule has 13 heteroatoms. The number of halogens is 3. The molecule has 0 bridgehead atoms. The zero-order chi connectivity index (χ0) is 25.1. The molecule has 9 nitrogen and oxygen atoms in total. The number of rotatable bonds is 4. The van der Waals surface area contributed by atoms with Crippen molar-refractivity contribution in [3.05, 3.63) is 84.9 Å². The molecule has 0 aliphatic rings. The van der Waals surface area contributed by atoms with E-state index in [1.54, 1.807) is 6.07 Å². The van der Waals surface area contributed by atoms with Crippen LogP contribution in [0.4, 0.5) is 19.0 Å². The Hall–Kier alpha value is -4.39. The topological polar surface area (TPSA) is 139 Å². The molecule has 0 unspecified atom stereocenters. The van der Waals surface area contributed by atoms with Gasteiger partial charge in [-0.1, -0.05) is 0 Å². The number of carbonyl (C=O) groups excluding carboxylic acids is 1. The predicted octanol–water partition coefficient (Wildman–Crippen LogP) is 2.10. The molecule has 0 spiro atoms. The van der Waals surface area contributed by atoms with Crippen LogP contribution in [0.25, 0.3) is 27.5 Å². The van der Waals surface area contributed by atoms with Crippen molar-refractivity contribution in [1.82, 2.24) is 19.1 Å². The van der Waals surface area contributed by atoms with E-state index in [0.29, 0.717) is 16.2 Å². The molecule has 0 saturated heterocycles. The number of H-pyrrole nitrogens is 1. The number of fused-ring (bicyclic) bond motifs is 2. The standard InChI is InChI=1S/C22H14F3N5O4S/c23-22(24,25)11-1-2-15-12(6-11)17(30-19(31)13-8-35-9-14(13)28-21(30)34)18(20(32)33)29(15)7-10-3-4-27-16(26)5-10/h1-6,8-9H,7H2,(H2,26,27)(H,28,34)(H,32,33)/p-1. The molecule has 0 aliphatic heterocycles. The summed E-state index contributed by atoms with van der Waals surface area (Å²) in [5.41, 5.74) is 2.33. The van der Waals surface area contributed by atoms with Crippen LogP contribution in [0.5, 0.6) is 0 Å².